The van der Waals surface area contributed by atoms with E-state index in [9.17, 15) is 5.11 Å². The fraction of sp³-hybridized carbons (Fsp3) is 0.333. The van der Waals surface area contributed by atoms with Gasteiger partial charge < -0.3 is 5.11 Å². The van der Waals surface area contributed by atoms with Crippen molar-refractivity contribution in [2.45, 2.75) is 19.4 Å². The van der Waals surface area contributed by atoms with Crippen LogP contribution in [-0.2, 0) is 6.42 Å². The molecule has 3 nitrogen and oxygen atoms in total. The van der Waals surface area contributed by atoms with Crippen LogP contribution in [0.5, 0.6) is 0 Å². The maximum absolute atomic E-state index is 9.25. The van der Waals surface area contributed by atoms with E-state index in [4.69, 9.17) is 0 Å². The van der Waals surface area contributed by atoms with E-state index < -0.39 is 0 Å². The first-order valence-corrected chi connectivity index (χ1v) is 5.00. The lowest BCUT2D eigenvalue weighted by Crippen LogP contribution is -2.06. The highest BCUT2D eigenvalue weighted by Gasteiger charge is 2.06. The average molecular weight is 194 g/mol. The lowest BCUT2D eigenvalue weighted by atomic mass is 10.1. The molecule has 0 aliphatic rings. The Labute approximate surface area is 80.1 Å². The van der Waals surface area contributed by atoms with E-state index in [2.05, 4.69) is 9.97 Å². The van der Waals surface area contributed by atoms with Gasteiger partial charge in [-0.25, -0.2) is 9.97 Å². The normalized spacial score (nSPS) is 13.4. The summed E-state index contributed by atoms with van der Waals surface area (Å²) in [6.45, 7) is 1.76. The summed E-state index contributed by atoms with van der Waals surface area (Å²) < 4.78 is 0. The number of hydrogen-bond donors (Lipinski definition) is 1. The molecule has 0 amide bonds. The van der Waals surface area contributed by atoms with Gasteiger partial charge in [0.2, 0.25) is 0 Å². The molecule has 0 aromatic carbocycles. The standard InChI is InChI=1S/C9H10N2OS/c1-6(12)4-8-7-2-3-13-9(7)11-5-10-8/h2-3,5-6,12H,4H2,1H3. The summed E-state index contributed by atoms with van der Waals surface area (Å²) in [7, 11) is 0. The van der Waals surface area contributed by atoms with E-state index >= 15 is 0 Å². The third-order valence-electron chi connectivity index (χ3n) is 1.83. The van der Waals surface area contributed by atoms with Crippen LogP contribution in [-0.4, -0.2) is 21.2 Å². The highest BCUT2D eigenvalue weighted by molar-refractivity contribution is 7.16. The zero-order valence-corrected chi connectivity index (χ0v) is 8.08. The molecule has 2 heterocycles. The summed E-state index contributed by atoms with van der Waals surface area (Å²) in [6, 6.07) is 2.00. The molecule has 13 heavy (non-hydrogen) atoms. The largest absolute Gasteiger partial charge is 0.393 e. The molecule has 0 aliphatic heterocycles. The van der Waals surface area contributed by atoms with Crippen LogP contribution < -0.4 is 0 Å². The van der Waals surface area contributed by atoms with Crippen molar-refractivity contribution < 1.29 is 5.11 Å². The minimum atomic E-state index is -0.349. The topological polar surface area (TPSA) is 46.0 Å². The fourth-order valence-corrected chi connectivity index (χ4v) is 2.04. The van der Waals surface area contributed by atoms with Crippen molar-refractivity contribution >= 4 is 21.6 Å². The first-order valence-electron chi connectivity index (χ1n) is 4.12. The predicted octanol–water partition coefficient (Wildman–Crippen LogP) is 1.61. The molecule has 4 heteroatoms. The summed E-state index contributed by atoms with van der Waals surface area (Å²) in [5.74, 6) is 0. The van der Waals surface area contributed by atoms with Crippen molar-refractivity contribution in [3.05, 3.63) is 23.5 Å². The number of aromatic nitrogens is 2. The zero-order chi connectivity index (χ0) is 9.26. The van der Waals surface area contributed by atoms with Gasteiger partial charge in [-0.15, -0.1) is 11.3 Å². The summed E-state index contributed by atoms with van der Waals surface area (Å²) in [4.78, 5) is 9.28. The first-order chi connectivity index (χ1) is 6.27. The second kappa shape index (κ2) is 3.40. The van der Waals surface area contributed by atoms with Gasteiger partial charge >= 0.3 is 0 Å². The summed E-state index contributed by atoms with van der Waals surface area (Å²) in [5, 5.41) is 12.3. The van der Waals surface area contributed by atoms with Gasteiger partial charge in [-0.05, 0) is 18.4 Å². The molecule has 2 aromatic heterocycles. The molecule has 0 spiro atoms. The minimum absolute atomic E-state index is 0.349. The van der Waals surface area contributed by atoms with Gasteiger partial charge in [-0.2, -0.15) is 0 Å². The van der Waals surface area contributed by atoms with Crippen molar-refractivity contribution in [2.24, 2.45) is 0 Å². The van der Waals surface area contributed by atoms with Gasteiger partial charge in [0.1, 0.15) is 11.2 Å². The van der Waals surface area contributed by atoms with Crippen LogP contribution in [0.15, 0.2) is 17.8 Å². The van der Waals surface area contributed by atoms with Gasteiger partial charge in [-0.3, -0.25) is 0 Å². The van der Waals surface area contributed by atoms with Crippen molar-refractivity contribution in [3.63, 3.8) is 0 Å². The zero-order valence-electron chi connectivity index (χ0n) is 7.27. The Morgan fingerprint density at radius 3 is 3.15 bits per heavy atom. The van der Waals surface area contributed by atoms with E-state index in [0.29, 0.717) is 6.42 Å². The van der Waals surface area contributed by atoms with E-state index in [1.165, 1.54) is 0 Å². The number of fused-ring (bicyclic) bond motifs is 1. The third kappa shape index (κ3) is 1.68. The van der Waals surface area contributed by atoms with Crippen LogP contribution >= 0.6 is 11.3 Å². The van der Waals surface area contributed by atoms with Crippen LogP contribution in [0.25, 0.3) is 10.2 Å². The van der Waals surface area contributed by atoms with Crippen molar-refractivity contribution in [1.29, 1.82) is 0 Å². The van der Waals surface area contributed by atoms with Crippen LogP contribution in [0.3, 0.4) is 0 Å². The van der Waals surface area contributed by atoms with Crippen LogP contribution in [0, 0.1) is 0 Å². The van der Waals surface area contributed by atoms with Crippen molar-refractivity contribution in [2.75, 3.05) is 0 Å². The lowest BCUT2D eigenvalue weighted by Gasteiger charge is -2.03. The highest BCUT2D eigenvalue weighted by atomic mass is 32.1. The van der Waals surface area contributed by atoms with Gasteiger partial charge in [0.05, 0.1) is 11.8 Å². The lowest BCUT2D eigenvalue weighted by molar-refractivity contribution is 0.194. The molecule has 0 saturated heterocycles. The number of nitrogens with zero attached hydrogens (tertiary/aromatic N) is 2. The minimum Gasteiger partial charge on any atom is -0.393 e. The SMILES string of the molecule is CC(O)Cc1ncnc2sccc12. The van der Waals surface area contributed by atoms with E-state index in [-0.39, 0.29) is 6.10 Å². The third-order valence-corrected chi connectivity index (χ3v) is 2.65. The average Bonchev–Trinajstić information content (AvgIpc) is 2.51. The maximum Gasteiger partial charge on any atom is 0.126 e. The number of aliphatic hydroxyl groups excluding tert-OH is 1. The number of rotatable bonds is 2. The Hall–Kier alpha value is -1.00. The van der Waals surface area contributed by atoms with Crippen LogP contribution in [0.1, 0.15) is 12.6 Å². The molecule has 0 saturated carbocycles. The summed E-state index contributed by atoms with van der Waals surface area (Å²) >= 11 is 1.60. The second-order valence-electron chi connectivity index (χ2n) is 3.01. The van der Waals surface area contributed by atoms with Crippen LogP contribution in [0.4, 0.5) is 0 Å². The molecule has 1 atom stereocenters. The molecule has 68 valence electrons. The monoisotopic (exact) mass is 194 g/mol. The van der Waals surface area contributed by atoms with Gasteiger partial charge in [0.25, 0.3) is 0 Å². The molecule has 2 rings (SSSR count). The first kappa shape index (κ1) is 8.59. The van der Waals surface area contributed by atoms with Gasteiger partial charge in [0, 0.05) is 11.8 Å². The Kier molecular flexibility index (Phi) is 2.24. The quantitative estimate of drug-likeness (QED) is 0.790. The number of aliphatic hydroxyl groups is 1. The predicted molar refractivity (Wildman–Crippen MR) is 52.8 cm³/mol. The molecular formula is C9H10N2OS. The summed E-state index contributed by atoms with van der Waals surface area (Å²) in [5.41, 5.74) is 0.932. The molecule has 1 N–H and O–H groups in total. The highest BCUT2D eigenvalue weighted by Crippen LogP contribution is 2.20. The smallest absolute Gasteiger partial charge is 0.126 e. The Morgan fingerprint density at radius 1 is 1.54 bits per heavy atom. The number of hydrogen-bond acceptors (Lipinski definition) is 4. The second-order valence-corrected chi connectivity index (χ2v) is 3.91. The van der Waals surface area contributed by atoms with Crippen molar-refractivity contribution in [3.8, 4) is 0 Å². The molecular weight excluding hydrogens is 184 g/mol. The van der Waals surface area contributed by atoms with E-state index in [0.717, 1.165) is 15.9 Å². The molecule has 0 aliphatic carbocycles. The Balaban J connectivity index is 2.48. The Morgan fingerprint density at radius 2 is 2.38 bits per heavy atom. The molecule has 1 unspecified atom stereocenters. The summed E-state index contributed by atoms with van der Waals surface area (Å²) in [6.07, 6.45) is 1.80. The van der Waals surface area contributed by atoms with Crippen LogP contribution in [0.2, 0.25) is 0 Å². The van der Waals surface area contributed by atoms with Gasteiger partial charge in [-0.1, -0.05) is 0 Å². The molecule has 0 radical (unpaired) electrons. The Bertz CT molecular complexity index is 411. The number of thiophene rings is 1. The maximum atomic E-state index is 9.25. The molecule has 0 bridgehead atoms. The molecule has 0 fully saturated rings. The van der Waals surface area contributed by atoms with E-state index in [1.54, 1.807) is 24.6 Å². The van der Waals surface area contributed by atoms with E-state index in [1.807, 2.05) is 11.4 Å². The van der Waals surface area contributed by atoms with Crippen molar-refractivity contribution in [1.82, 2.24) is 9.97 Å². The van der Waals surface area contributed by atoms with Gasteiger partial charge in [0.15, 0.2) is 0 Å². The fourth-order valence-electron chi connectivity index (χ4n) is 1.28. The molecule has 2 aromatic rings.